The molecule has 0 aliphatic heterocycles. The molecule has 0 aromatic heterocycles. The standard InChI is InChI=1S/C66H127NO8/c1-6-8-10-12-14-16-18-20-21-22-23-24-25-26-27-28-29-30-31-32-33-34-35-36-37-38-39-40-41-42-43-45-46-48-50-52-54-56-63(68)73-60-62(61-74-66(65(70)71)72-59-58-67(3,4)5)75-64(69)57-55-53-51-49-47-44-19-17-15-13-11-9-7-2/h17,19,62,66H,6-16,18,20-61H2,1-5H3/p+1/b19-17-. The minimum Gasteiger partial charge on any atom is -0.477 e. The van der Waals surface area contributed by atoms with E-state index in [1.54, 1.807) is 0 Å². The molecule has 0 aromatic rings. The Kier molecular flexibility index (Phi) is 56.7. The van der Waals surface area contributed by atoms with Gasteiger partial charge in [-0.25, -0.2) is 4.79 Å². The predicted molar refractivity (Wildman–Crippen MR) is 318 cm³/mol. The van der Waals surface area contributed by atoms with Gasteiger partial charge in [-0.3, -0.25) is 9.59 Å². The van der Waals surface area contributed by atoms with E-state index >= 15 is 0 Å². The second kappa shape index (κ2) is 58.2. The highest BCUT2D eigenvalue weighted by Gasteiger charge is 2.25. The zero-order valence-electron chi connectivity index (χ0n) is 50.7. The number of allylic oxidation sites excluding steroid dienone is 2. The molecule has 444 valence electrons. The monoisotopic (exact) mass is 1060 g/mol. The molecule has 0 spiro atoms. The number of aliphatic carboxylic acids is 1. The summed E-state index contributed by atoms with van der Waals surface area (Å²) in [6, 6.07) is 0. The van der Waals surface area contributed by atoms with Crippen LogP contribution in [0.5, 0.6) is 0 Å². The smallest absolute Gasteiger partial charge is 0.361 e. The molecular weight excluding hydrogens is 935 g/mol. The Morgan fingerprint density at radius 3 is 1.00 bits per heavy atom. The first kappa shape index (κ1) is 73.0. The number of likely N-dealkylation sites (N-methyl/N-ethyl adjacent to an activating group) is 1. The van der Waals surface area contributed by atoms with Crippen molar-refractivity contribution in [2.45, 2.75) is 347 Å². The van der Waals surface area contributed by atoms with Gasteiger partial charge in [0.25, 0.3) is 6.29 Å². The van der Waals surface area contributed by atoms with Crippen molar-refractivity contribution in [3.8, 4) is 0 Å². The molecule has 0 saturated carbocycles. The molecule has 0 fully saturated rings. The van der Waals surface area contributed by atoms with Crippen LogP contribution in [0.4, 0.5) is 0 Å². The van der Waals surface area contributed by atoms with Gasteiger partial charge in [0.2, 0.25) is 0 Å². The Bertz CT molecular complexity index is 1240. The molecule has 0 radical (unpaired) electrons. The third kappa shape index (κ3) is 59.5. The second-order valence-electron chi connectivity index (χ2n) is 23.8. The molecule has 0 amide bonds. The van der Waals surface area contributed by atoms with E-state index in [0.717, 1.165) is 51.4 Å². The summed E-state index contributed by atoms with van der Waals surface area (Å²) in [7, 11) is 5.97. The predicted octanol–water partition coefficient (Wildman–Crippen LogP) is 19.7. The number of carbonyl (C=O) groups is 3. The number of hydrogen-bond donors (Lipinski definition) is 1. The van der Waals surface area contributed by atoms with Gasteiger partial charge >= 0.3 is 17.9 Å². The average molecular weight is 1060 g/mol. The van der Waals surface area contributed by atoms with Gasteiger partial charge in [-0.1, -0.05) is 296 Å². The Hall–Kier alpha value is -1.97. The minimum atomic E-state index is -1.51. The van der Waals surface area contributed by atoms with E-state index in [4.69, 9.17) is 18.9 Å². The lowest BCUT2D eigenvalue weighted by Gasteiger charge is -2.25. The summed E-state index contributed by atoms with van der Waals surface area (Å²) in [4.78, 5) is 37.4. The summed E-state index contributed by atoms with van der Waals surface area (Å²) in [5.74, 6) is -1.99. The lowest BCUT2D eigenvalue weighted by Crippen LogP contribution is -2.40. The van der Waals surface area contributed by atoms with Crippen molar-refractivity contribution in [3.63, 3.8) is 0 Å². The first-order valence-corrected chi connectivity index (χ1v) is 32.9. The largest absolute Gasteiger partial charge is 0.477 e. The van der Waals surface area contributed by atoms with E-state index < -0.39 is 24.3 Å². The second-order valence-corrected chi connectivity index (χ2v) is 23.8. The maximum atomic E-state index is 12.8. The number of carboxylic acid groups (broad SMARTS) is 1. The van der Waals surface area contributed by atoms with Crippen LogP contribution in [0.15, 0.2) is 12.2 Å². The van der Waals surface area contributed by atoms with Gasteiger partial charge in [-0.2, -0.15) is 0 Å². The van der Waals surface area contributed by atoms with Crippen molar-refractivity contribution >= 4 is 17.9 Å². The zero-order valence-corrected chi connectivity index (χ0v) is 50.7. The number of quaternary nitrogens is 1. The van der Waals surface area contributed by atoms with Gasteiger partial charge in [0.15, 0.2) is 6.10 Å². The molecule has 0 rings (SSSR count). The van der Waals surface area contributed by atoms with Crippen molar-refractivity contribution in [3.05, 3.63) is 12.2 Å². The fourth-order valence-electron chi connectivity index (χ4n) is 9.95. The molecule has 0 heterocycles. The molecule has 2 atom stereocenters. The highest BCUT2D eigenvalue weighted by atomic mass is 16.7. The van der Waals surface area contributed by atoms with Crippen LogP contribution < -0.4 is 0 Å². The first-order chi connectivity index (χ1) is 36.6. The maximum Gasteiger partial charge on any atom is 0.361 e. The fourth-order valence-corrected chi connectivity index (χ4v) is 9.95. The van der Waals surface area contributed by atoms with Crippen molar-refractivity contribution < 1.29 is 42.9 Å². The van der Waals surface area contributed by atoms with Crippen molar-refractivity contribution in [2.24, 2.45) is 0 Å². The summed E-state index contributed by atoms with van der Waals surface area (Å²) in [5.41, 5.74) is 0. The number of esters is 2. The lowest BCUT2D eigenvalue weighted by atomic mass is 10.0. The highest BCUT2D eigenvalue weighted by Crippen LogP contribution is 2.19. The van der Waals surface area contributed by atoms with Gasteiger partial charge in [0, 0.05) is 12.8 Å². The number of ether oxygens (including phenoxy) is 4. The molecule has 2 unspecified atom stereocenters. The molecule has 0 saturated heterocycles. The summed E-state index contributed by atoms with van der Waals surface area (Å²) in [6.45, 7) is 4.90. The van der Waals surface area contributed by atoms with Gasteiger partial charge in [-0.05, 0) is 38.5 Å². The molecule has 75 heavy (non-hydrogen) atoms. The third-order valence-corrected chi connectivity index (χ3v) is 15.0. The van der Waals surface area contributed by atoms with E-state index in [2.05, 4.69) is 26.0 Å². The van der Waals surface area contributed by atoms with E-state index in [1.807, 2.05) is 21.1 Å². The third-order valence-electron chi connectivity index (χ3n) is 15.0. The number of nitrogens with zero attached hydrogens (tertiary/aromatic N) is 1. The topological polar surface area (TPSA) is 108 Å². The van der Waals surface area contributed by atoms with E-state index in [1.165, 1.54) is 250 Å². The SMILES string of the molecule is CCCCCC/C=C\CCCCCCCC(=O)OC(COC(=O)CCCCCCCCCCCCCCCCCCCCCCCCCCCCCCCCCCCCCCC)COC(OCC[N+](C)(C)C)C(=O)O. The van der Waals surface area contributed by atoms with Gasteiger partial charge < -0.3 is 28.5 Å². The Labute approximate surface area is 465 Å². The van der Waals surface area contributed by atoms with E-state index in [-0.39, 0.29) is 32.2 Å². The number of hydrogen-bond acceptors (Lipinski definition) is 7. The van der Waals surface area contributed by atoms with E-state index in [9.17, 15) is 19.5 Å². The average Bonchev–Trinajstić information content (AvgIpc) is 3.38. The van der Waals surface area contributed by atoms with Crippen LogP contribution >= 0.6 is 0 Å². The van der Waals surface area contributed by atoms with Crippen LogP contribution in [0.1, 0.15) is 335 Å². The number of carbonyl (C=O) groups excluding carboxylic acids is 2. The minimum absolute atomic E-state index is 0.179. The lowest BCUT2D eigenvalue weighted by molar-refractivity contribution is -0.870. The number of unbranched alkanes of at least 4 members (excludes halogenated alkanes) is 45. The number of carboxylic acids is 1. The van der Waals surface area contributed by atoms with Crippen LogP contribution in [0, 0.1) is 0 Å². The molecule has 1 N–H and O–H groups in total. The molecule has 0 aliphatic rings. The van der Waals surface area contributed by atoms with Crippen molar-refractivity contribution in [1.82, 2.24) is 0 Å². The number of rotatable bonds is 62. The highest BCUT2D eigenvalue weighted by molar-refractivity contribution is 5.71. The van der Waals surface area contributed by atoms with Crippen LogP contribution in [0.2, 0.25) is 0 Å². The summed E-state index contributed by atoms with van der Waals surface area (Å²) >= 11 is 0. The van der Waals surface area contributed by atoms with E-state index in [0.29, 0.717) is 23.9 Å². The normalized spacial score (nSPS) is 12.7. The van der Waals surface area contributed by atoms with Gasteiger partial charge in [0.1, 0.15) is 13.2 Å². The molecular formula is C66H128NO8+. The maximum absolute atomic E-state index is 12.8. The summed E-state index contributed by atoms with van der Waals surface area (Å²) < 4.78 is 22.9. The van der Waals surface area contributed by atoms with Crippen LogP contribution in [0.25, 0.3) is 0 Å². The Morgan fingerprint density at radius 1 is 0.387 bits per heavy atom. The van der Waals surface area contributed by atoms with Crippen molar-refractivity contribution in [1.29, 1.82) is 0 Å². The Balaban J connectivity index is 3.89. The molecule has 9 nitrogen and oxygen atoms in total. The fraction of sp³-hybridized carbons (Fsp3) is 0.924. The summed E-state index contributed by atoms with van der Waals surface area (Å²) in [6.07, 6.45) is 66.4. The Morgan fingerprint density at radius 2 is 0.680 bits per heavy atom. The first-order valence-electron chi connectivity index (χ1n) is 32.9. The van der Waals surface area contributed by atoms with Crippen LogP contribution in [-0.2, 0) is 33.3 Å². The zero-order chi connectivity index (χ0) is 54.8. The van der Waals surface area contributed by atoms with Crippen molar-refractivity contribution in [2.75, 3.05) is 47.5 Å². The molecule has 9 heteroatoms. The van der Waals surface area contributed by atoms with Gasteiger partial charge in [-0.15, -0.1) is 0 Å². The van der Waals surface area contributed by atoms with Crippen LogP contribution in [0.3, 0.4) is 0 Å². The molecule has 0 aromatic carbocycles. The van der Waals surface area contributed by atoms with Crippen LogP contribution in [-0.4, -0.2) is 87.4 Å². The quantitative estimate of drug-likeness (QED) is 0.0211. The van der Waals surface area contributed by atoms with Gasteiger partial charge in [0.05, 0.1) is 34.4 Å². The molecule has 0 aliphatic carbocycles. The summed E-state index contributed by atoms with van der Waals surface area (Å²) in [5, 5.41) is 9.69. The molecule has 0 bridgehead atoms.